The summed E-state index contributed by atoms with van der Waals surface area (Å²) in [4.78, 5) is 140. The molecule has 144 heavy (non-hydrogen) atoms. The second-order valence-corrected chi connectivity index (χ2v) is 35.0. The van der Waals surface area contributed by atoms with Gasteiger partial charge in [-0.05, 0) is 156 Å². The van der Waals surface area contributed by atoms with Crippen molar-refractivity contribution in [1.29, 1.82) is 0 Å². The molecule has 0 fully saturated rings. The first-order chi connectivity index (χ1) is 69.7. The number of carbonyl (C=O) groups excluding carboxylic acids is 6. The number of fused-ring (bicyclic) bond motifs is 6. The van der Waals surface area contributed by atoms with Gasteiger partial charge in [-0.3, -0.25) is 14.4 Å². The van der Waals surface area contributed by atoms with Crippen LogP contribution in [-0.2, 0) is 33.6 Å². The number of ether oxygens (including phenoxy) is 3. The Morgan fingerprint density at radius 3 is 0.653 bits per heavy atom. The Hall–Kier alpha value is -17.1. The first-order valence-electron chi connectivity index (χ1n) is 48.2. The standard InChI is InChI=1S/C22H25N3O.C21H23N3O2.C20H21N3O.C19H19N3O2.C18H17N3O.C17H15N3O2/c1-15(2)25(16(3)4)21(26)14-20-22(17-10-6-5-7-11-17)24-19-13-9-8-12-18(19)23-20;1-14(2)24(15(3)4)21(25)26-20-19(16-10-6-5-7-11-16)22-17-12-8-9-13-18(17)23-20;1-3-23(4-2)19(24)14-18-20(15-10-6-5-7-11-15)22-17-13-9-8-12-16(17)21-18;1-3-22(4-2)19(23)24-18-17(14-10-6-5-7-11-14)20-15-12-8-9-13-16(15)21-18;1-21(2)17(22)12-16-18(13-8-4-3-5-9-13)20-15-11-7-6-10-14(15)19-16;1-20(2)17(21)22-16-15(12-8-4-3-5-9-12)18-13-10-6-7-11-14(13)19-16/h5-13,15-16H,14H2,1-4H3;5-15H,1-4H3;5-13H,3-4,14H2,1-2H3;5-13H,3-4H2,1-2H3;3-11H,12H2,1-2H3;3-11H,1-2H3. The van der Waals surface area contributed by atoms with Crippen LogP contribution in [0.4, 0.5) is 14.4 Å². The molecule has 0 radical (unpaired) electrons. The Morgan fingerprint density at radius 2 is 0.417 bits per heavy atom. The topological polar surface area (TPSA) is 304 Å². The summed E-state index contributed by atoms with van der Waals surface area (Å²) >= 11 is 0. The lowest BCUT2D eigenvalue weighted by Gasteiger charge is -2.31. The van der Waals surface area contributed by atoms with Crippen LogP contribution in [0.25, 0.3) is 134 Å². The fourth-order valence-electron chi connectivity index (χ4n) is 16.0. The van der Waals surface area contributed by atoms with E-state index in [0.717, 1.165) is 112 Å². The number of carbonyl (C=O) groups is 6. The van der Waals surface area contributed by atoms with Gasteiger partial charge in [0.05, 0.1) is 120 Å². The molecule has 0 atom stereocenters. The van der Waals surface area contributed by atoms with Crippen molar-refractivity contribution in [3.63, 3.8) is 0 Å². The molecular weight excluding hydrogens is 1800 g/mol. The number of rotatable bonds is 23. The van der Waals surface area contributed by atoms with Gasteiger partial charge in [0.1, 0.15) is 17.1 Å². The van der Waals surface area contributed by atoms with Crippen molar-refractivity contribution in [1.82, 2.24) is 89.2 Å². The average molecular weight is 1920 g/mol. The van der Waals surface area contributed by atoms with Crippen molar-refractivity contribution in [3.05, 3.63) is 345 Å². The van der Waals surface area contributed by atoms with Gasteiger partial charge in [-0.1, -0.05) is 255 Å². The van der Waals surface area contributed by atoms with Crippen molar-refractivity contribution < 1.29 is 43.0 Å². The van der Waals surface area contributed by atoms with E-state index in [9.17, 15) is 28.8 Å². The molecule has 732 valence electrons. The normalized spacial score (nSPS) is 10.8. The van der Waals surface area contributed by atoms with E-state index in [1.54, 1.807) is 42.9 Å². The van der Waals surface area contributed by atoms with Crippen LogP contribution < -0.4 is 14.2 Å². The van der Waals surface area contributed by atoms with Gasteiger partial charge in [0.2, 0.25) is 17.7 Å². The second kappa shape index (κ2) is 50.7. The molecule has 0 unspecified atom stereocenters. The maximum absolute atomic E-state index is 13.0. The van der Waals surface area contributed by atoms with Gasteiger partial charge in [0, 0.05) is 112 Å². The molecule has 0 saturated heterocycles. The third-order valence-corrected chi connectivity index (χ3v) is 23.1. The first kappa shape index (κ1) is 104. The molecule has 0 aliphatic carbocycles. The number of aromatic nitrogens is 12. The molecule has 6 amide bonds. The molecule has 0 bridgehead atoms. The molecule has 27 heteroatoms. The lowest BCUT2D eigenvalue weighted by atomic mass is 10.1. The monoisotopic (exact) mass is 1920 g/mol. The number of nitrogens with zero attached hydrogens (tertiary/aromatic N) is 18. The van der Waals surface area contributed by atoms with Gasteiger partial charge < -0.3 is 43.6 Å². The van der Waals surface area contributed by atoms with Crippen LogP contribution in [0.3, 0.4) is 0 Å². The molecule has 0 spiro atoms. The predicted molar refractivity (Wildman–Crippen MR) is 571 cm³/mol. The van der Waals surface area contributed by atoms with Crippen molar-refractivity contribution in [3.8, 4) is 85.2 Å². The van der Waals surface area contributed by atoms with E-state index in [0.29, 0.717) is 65.5 Å². The van der Waals surface area contributed by atoms with E-state index in [2.05, 4.69) is 34.9 Å². The Morgan fingerprint density at radius 1 is 0.215 bits per heavy atom. The van der Waals surface area contributed by atoms with Crippen LogP contribution in [0.1, 0.15) is 100 Å². The zero-order valence-electron chi connectivity index (χ0n) is 84.2. The molecule has 6 heterocycles. The van der Waals surface area contributed by atoms with Crippen molar-refractivity contribution in [2.45, 2.75) is 127 Å². The smallest absolute Gasteiger partial charge is 0.389 e. The predicted octanol–water partition coefficient (Wildman–Crippen LogP) is 23.5. The summed E-state index contributed by atoms with van der Waals surface area (Å²) in [7, 11) is 6.75. The van der Waals surface area contributed by atoms with E-state index >= 15 is 0 Å². The molecule has 18 rings (SSSR count). The third kappa shape index (κ3) is 27.3. The summed E-state index contributed by atoms with van der Waals surface area (Å²) in [6.07, 6.45) is -0.558. The quantitative estimate of drug-likeness (QED) is 0.0574. The lowest BCUT2D eigenvalue weighted by molar-refractivity contribution is -0.134. The Kier molecular flexibility index (Phi) is 36.7. The maximum atomic E-state index is 13.0. The van der Waals surface area contributed by atoms with Crippen molar-refractivity contribution in [2.75, 3.05) is 54.4 Å². The molecular formula is C117H120N18O9. The number of para-hydroxylation sites is 12. The minimum atomic E-state index is -0.484. The lowest BCUT2D eigenvalue weighted by Crippen LogP contribution is -2.43. The highest BCUT2D eigenvalue weighted by molar-refractivity contribution is 5.90. The highest BCUT2D eigenvalue weighted by Crippen LogP contribution is 2.35. The second-order valence-electron chi connectivity index (χ2n) is 35.0. The van der Waals surface area contributed by atoms with E-state index in [1.165, 1.54) is 4.90 Å². The van der Waals surface area contributed by atoms with Crippen LogP contribution in [0.15, 0.2) is 328 Å². The zero-order chi connectivity index (χ0) is 102. The molecule has 12 aromatic carbocycles. The van der Waals surface area contributed by atoms with Crippen molar-refractivity contribution in [2.24, 2.45) is 0 Å². The molecule has 0 aliphatic rings. The van der Waals surface area contributed by atoms with E-state index in [4.69, 9.17) is 39.1 Å². The van der Waals surface area contributed by atoms with Crippen molar-refractivity contribution >= 4 is 102 Å². The maximum Gasteiger partial charge on any atom is 0.417 e. The summed E-state index contributed by atoms with van der Waals surface area (Å²) in [6.45, 7) is 26.4. The number of hydrogen-bond donors (Lipinski definition) is 0. The SMILES string of the molecule is CC(C)N(C(=O)Cc1nc2ccccc2nc1-c1ccccc1)C(C)C.CC(C)N(C(=O)Oc1nc2ccccc2nc1-c1ccccc1)C(C)C.CCN(CC)C(=O)Cc1nc2ccccc2nc1-c1ccccc1.CCN(CC)C(=O)Oc1nc2ccccc2nc1-c1ccccc1.CN(C)C(=O)Cc1nc2ccccc2nc1-c1ccccc1.CN(C)C(=O)Oc1nc2ccccc2nc1-c1ccccc1. The number of benzene rings is 12. The van der Waals surface area contributed by atoms with Crippen LogP contribution in [0, 0.1) is 0 Å². The summed E-state index contributed by atoms with van der Waals surface area (Å²) in [6, 6.07) is 105. The third-order valence-electron chi connectivity index (χ3n) is 23.1. The van der Waals surface area contributed by atoms with Gasteiger partial charge in [-0.15, -0.1) is 0 Å². The molecule has 6 aromatic heterocycles. The minimum Gasteiger partial charge on any atom is -0.389 e. The van der Waals surface area contributed by atoms with Gasteiger partial charge in [-0.2, -0.15) is 0 Å². The molecule has 0 saturated carbocycles. The number of likely N-dealkylation sites (N-methyl/N-ethyl adjacent to an activating group) is 2. The molecule has 18 aromatic rings. The van der Waals surface area contributed by atoms with Gasteiger partial charge in [0.15, 0.2) is 0 Å². The average Bonchev–Trinajstić information content (AvgIpc) is 0.817. The van der Waals surface area contributed by atoms with Crippen LogP contribution in [-0.4, -0.2) is 204 Å². The molecule has 0 aliphatic heterocycles. The van der Waals surface area contributed by atoms with E-state index in [-0.39, 0.29) is 78.8 Å². The summed E-state index contributed by atoms with van der Waals surface area (Å²) in [5.41, 5.74) is 21.0. The Labute approximate surface area is 840 Å². The minimum absolute atomic E-state index is 0.0155. The van der Waals surface area contributed by atoms with Gasteiger partial charge >= 0.3 is 18.3 Å². The fraction of sp³-hybridized carbons (Fsp3) is 0.231. The van der Waals surface area contributed by atoms with Gasteiger partial charge in [-0.25, -0.2) is 74.2 Å². The Bertz CT molecular complexity index is 6940. The zero-order valence-corrected chi connectivity index (χ0v) is 84.2. The molecule has 27 nitrogen and oxygen atoms in total. The summed E-state index contributed by atoms with van der Waals surface area (Å²) < 4.78 is 16.7. The highest BCUT2D eigenvalue weighted by Gasteiger charge is 2.29. The largest absolute Gasteiger partial charge is 0.417 e. The summed E-state index contributed by atoms with van der Waals surface area (Å²) in [5, 5.41) is 0. The fourth-order valence-corrected chi connectivity index (χ4v) is 16.0. The number of amides is 6. The number of hydrogen-bond acceptors (Lipinski definition) is 21. The summed E-state index contributed by atoms with van der Waals surface area (Å²) in [5.74, 6) is 0.854. The van der Waals surface area contributed by atoms with E-state index < -0.39 is 18.3 Å². The highest BCUT2D eigenvalue weighted by atomic mass is 16.6. The van der Waals surface area contributed by atoms with Crippen LogP contribution in [0.2, 0.25) is 0 Å². The first-order valence-corrected chi connectivity index (χ1v) is 48.2. The van der Waals surface area contributed by atoms with E-state index in [1.807, 2.05) is 420 Å². The van der Waals surface area contributed by atoms with Gasteiger partial charge in [0.25, 0.3) is 17.6 Å². The van der Waals surface area contributed by atoms with Crippen LogP contribution >= 0.6 is 0 Å². The Balaban J connectivity index is 0.000000145. The van der Waals surface area contributed by atoms with Crippen LogP contribution in [0.5, 0.6) is 17.6 Å². The molecule has 0 N–H and O–H groups in total.